The zero-order valence-electron chi connectivity index (χ0n) is 9.84. The third-order valence-electron chi connectivity index (χ3n) is 3.21. The van der Waals surface area contributed by atoms with E-state index in [0.717, 1.165) is 11.1 Å². The van der Waals surface area contributed by atoms with Crippen molar-refractivity contribution in [2.45, 2.75) is 50.5 Å². The molecule has 1 aromatic rings. The van der Waals surface area contributed by atoms with Gasteiger partial charge in [-0.05, 0) is 38.7 Å². The number of aryl methyl sites for hydroxylation is 1. The Labute approximate surface area is 106 Å². The van der Waals surface area contributed by atoms with Crippen molar-refractivity contribution in [2.24, 2.45) is 0 Å². The van der Waals surface area contributed by atoms with Gasteiger partial charge in [-0.2, -0.15) is 0 Å². The lowest BCUT2D eigenvalue weighted by Gasteiger charge is -2.24. The lowest BCUT2D eigenvalue weighted by Crippen LogP contribution is -2.20. The molecule has 1 aromatic carbocycles. The molecule has 0 spiro atoms. The Bertz CT molecular complexity index is 343. The third-order valence-corrected chi connectivity index (χ3v) is 3.81. The Morgan fingerprint density at radius 1 is 1.25 bits per heavy atom. The molecule has 0 unspecified atom stereocenters. The highest BCUT2D eigenvalue weighted by Gasteiger charge is 2.16. The van der Waals surface area contributed by atoms with Gasteiger partial charge in [-0.3, -0.25) is 0 Å². The van der Waals surface area contributed by atoms with E-state index in [1.807, 2.05) is 0 Å². The van der Waals surface area contributed by atoms with Gasteiger partial charge in [0.1, 0.15) is 5.75 Å². The predicted octanol–water partition coefficient (Wildman–Crippen LogP) is 4.60. The van der Waals surface area contributed by atoms with Crippen molar-refractivity contribution < 1.29 is 4.74 Å². The number of hydrogen-bond acceptors (Lipinski definition) is 1. The van der Waals surface area contributed by atoms with Gasteiger partial charge in [-0.1, -0.05) is 40.0 Å². The first-order valence-electron chi connectivity index (χ1n) is 6.12. The highest BCUT2D eigenvalue weighted by Crippen LogP contribution is 2.27. The normalized spacial score (nSPS) is 17.4. The molecule has 1 aliphatic rings. The molecule has 0 heterocycles. The van der Waals surface area contributed by atoms with Gasteiger partial charge in [0.15, 0.2) is 0 Å². The maximum atomic E-state index is 6.10. The van der Waals surface area contributed by atoms with Gasteiger partial charge < -0.3 is 4.74 Å². The van der Waals surface area contributed by atoms with Crippen LogP contribution in [0, 0.1) is 6.92 Å². The molecular formula is C14H19BrO. The molecule has 0 N–H and O–H groups in total. The first-order valence-corrected chi connectivity index (χ1v) is 7.24. The molecule has 0 saturated heterocycles. The molecule has 0 amide bonds. The zero-order chi connectivity index (χ0) is 11.4. The minimum atomic E-state index is 0.439. The van der Waals surface area contributed by atoms with E-state index in [-0.39, 0.29) is 0 Å². The van der Waals surface area contributed by atoms with Gasteiger partial charge >= 0.3 is 0 Å². The quantitative estimate of drug-likeness (QED) is 0.736. The monoisotopic (exact) mass is 282 g/mol. The fourth-order valence-corrected chi connectivity index (χ4v) is 2.73. The summed E-state index contributed by atoms with van der Waals surface area (Å²) in [6.45, 7) is 2.12. The lowest BCUT2D eigenvalue weighted by molar-refractivity contribution is 0.154. The Morgan fingerprint density at radius 3 is 2.69 bits per heavy atom. The molecule has 88 valence electrons. The molecule has 1 fully saturated rings. The minimum Gasteiger partial charge on any atom is -0.490 e. The lowest BCUT2D eigenvalue weighted by atomic mass is 9.97. The van der Waals surface area contributed by atoms with Crippen LogP contribution >= 0.6 is 15.9 Å². The van der Waals surface area contributed by atoms with E-state index in [0.29, 0.717) is 6.10 Å². The number of benzene rings is 1. The van der Waals surface area contributed by atoms with E-state index in [4.69, 9.17) is 4.74 Å². The minimum absolute atomic E-state index is 0.439. The molecule has 0 aromatic heterocycles. The van der Waals surface area contributed by atoms with Crippen LogP contribution in [0.2, 0.25) is 0 Å². The van der Waals surface area contributed by atoms with E-state index in [9.17, 15) is 0 Å². The Hall–Kier alpha value is -0.500. The van der Waals surface area contributed by atoms with Crippen LogP contribution in [0.3, 0.4) is 0 Å². The summed E-state index contributed by atoms with van der Waals surface area (Å²) < 4.78 is 6.10. The number of hydrogen-bond donors (Lipinski definition) is 0. The molecule has 1 nitrogen and oxygen atoms in total. The van der Waals surface area contributed by atoms with Gasteiger partial charge in [-0.15, -0.1) is 0 Å². The summed E-state index contributed by atoms with van der Waals surface area (Å²) >= 11 is 3.53. The smallest absolute Gasteiger partial charge is 0.123 e. The summed E-state index contributed by atoms with van der Waals surface area (Å²) in [4.78, 5) is 0. The summed E-state index contributed by atoms with van der Waals surface area (Å²) in [5, 5.41) is 0.872. The third kappa shape index (κ3) is 3.00. The van der Waals surface area contributed by atoms with Gasteiger partial charge in [0.05, 0.1) is 6.10 Å². The summed E-state index contributed by atoms with van der Waals surface area (Å²) in [6, 6.07) is 6.44. The molecule has 2 heteroatoms. The van der Waals surface area contributed by atoms with Gasteiger partial charge in [0, 0.05) is 10.9 Å². The fourth-order valence-electron chi connectivity index (χ4n) is 2.29. The maximum Gasteiger partial charge on any atom is 0.123 e. The van der Waals surface area contributed by atoms with Crippen LogP contribution in [-0.2, 0) is 5.33 Å². The molecular weight excluding hydrogens is 264 g/mol. The van der Waals surface area contributed by atoms with Gasteiger partial charge in [-0.25, -0.2) is 0 Å². The van der Waals surface area contributed by atoms with Gasteiger partial charge in [0.2, 0.25) is 0 Å². The van der Waals surface area contributed by atoms with Crippen LogP contribution in [0.1, 0.15) is 43.2 Å². The van der Waals surface area contributed by atoms with Crippen molar-refractivity contribution in [2.75, 3.05) is 0 Å². The van der Waals surface area contributed by atoms with E-state index in [1.165, 1.54) is 43.2 Å². The molecule has 16 heavy (non-hydrogen) atoms. The largest absolute Gasteiger partial charge is 0.490 e. The standard InChI is InChI=1S/C14H19BrO/c1-11-7-8-14(12(9-11)10-15)16-13-5-3-2-4-6-13/h7-9,13H,2-6,10H2,1H3. The predicted molar refractivity (Wildman–Crippen MR) is 71.3 cm³/mol. The molecule has 0 aliphatic heterocycles. The van der Waals surface area contributed by atoms with Crippen molar-refractivity contribution in [3.8, 4) is 5.75 Å². The van der Waals surface area contributed by atoms with Gasteiger partial charge in [0.25, 0.3) is 0 Å². The van der Waals surface area contributed by atoms with Crippen LogP contribution < -0.4 is 4.74 Å². The Morgan fingerprint density at radius 2 is 2.00 bits per heavy atom. The van der Waals surface area contributed by atoms with Crippen LogP contribution in [-0.4, -0.2) is 6.10 Å². The maximum absolute atomic E-state index is 6.10. The van der Waals surface area contributed by atoms with E-state index < -0.39 is 0 Å². The topological polar surface area (TPSA) is 9.23 Å². The van der Waals surface area contributed by atoms with Crippen molar-refractivity contribution in [1.29, 1.82) is 0 Å². The number of ether oxygens (including phenoxy) is 1. The number of rotatable bonds is 3. The van der Waals surface area contributed by atoms with E-state index in [1.54, 1.807) is 0 Å². The van der Waals surface area contributed by atoms with Crippen molar-refractivity contribution in [1.82, 2.24) is 0 Å². The first-order chi connectivity index (χ1) is 7.79. The summed E-state index contributed by atoms with van der Waals surface area (Å²) in [7, 11) is 0. The molecule has 0 atom stereocenters. The van der Waals surface area contributed by atoms with Crippen molar-refractivity contribution in [3.63, 3.8) is 0 Å². The second kappa shape index (κ2) is 5.72. The Kier molecular flexibility index (Phi) is 4.28. The summed E-state index contributed by atoms with van der Waals surface area (Å²) in [5.41, 5.74) is 2.57. The average Bonchev–Trinajstić information content (AvgIpc) is 2.33. The van der Waals surface area contributed by atoms with Crippen molar-refractivity contribution in [3.05, 3.63) is 29.3 Å². The molecule has 2 rings (SSSR count). The zero-order valence-corrected chi connectivity index (χ0v) is 11.4. The average molecular weight is 283 g/mol. The van der Waals surface area contributed by atoms with Crippen molar-refractivity contribution >= 4 is 15.9 Å². The molecule has 0 bridgehead atoms. The first kappa shape index (κ1) is 12.0. The van der Waals surface area contributed by atoms with E-state index in [2.05, 4.69) is 41.1 Å². The van der Waals surface area contributed by atoms with Crippen LogP contribution in [0.25, 0.3) is 0 Å². The van der Waals surface area contributed by atoms with Crippen LogP contribution in [0.15, 0.2) is 18.2 Å². The summed E-state index contributed by atoms with van der Waals surface area (Å²) in [5.74, 6) is 1.06. The fraction of sp³-hybridized carbons (Fsp3) is 0.571. The molecule has 0 radical (unpaired) electrons. The second-order valence-electron chi connectivity index (χ2n) is 4.62. The van der Waals surface area contributed by atoms with Crippen LogP contribution in [0.4, 0.5) is 0 Å². The SMILES string of the molecule is Cc1ccc(OC2CCCCC2)c(CBr)c1. The number of alkyl halides is 1. The highest BCUT2D eigenvalue weighted by atomic mass is 79.9. The second-order valence-corrected chi connectivity index (χ2v) is 5.18. The van der Waals surface area contributed by atoms with Crippen LogP contribution in [0.5, 0.6) is 5.75 Å². The highest BCUT2D eigenvalue weighted by molar-refractivity contribution is 9.08. The molecule has 1 aliphatic carbocycles. The van der Waals surface area contributed by atoms with E-state index >= 15 is 0 Å². The Balaban J connectivity index is 2.07. The summed E-state index contributed by atoms with van der Waals surface area (Å²) in [6.07, 6.45) is 6.89. The molecule has 1 saturated carbocycles. The number of halogens is 1.